The predicted molar refractivity (Wildman–Crippen MR) is 183 cm³/mol. The molecule has 0 radical (unpaired) electrons. The topological polar surface area (TPSA) is 30.9 Å². The maximum atomic E-state index is 6.56. The molecule has 2 nitrogen and oxygen atoms in total. The Labute approximate surface area is 250 Å². The van der Waals surface area contributed by atoms with E-state index in [0.29, 0.717) is 0 Å². The number of nitrogens with zero attached hydrogens (tertiary/aromatic N) is 1. The van der Waals surface area contributed by atoms with E-state index in [9.17, 15) is 0 Å². The number of thiol groups is 1. The summed E-state index contributed by atoms with van der Waals surface area (Å²) >= 11 is 5.09. The van der Waals surface area contributed by atoms with E-state index in [1.807, 2.05) is 48.6 Å². The molecule has 1 heterocycles. The zero-order valence-electron chi connectivity index (χ0n) is 23.7. The van der Waals surface area contributed by atoms with Gasteiger partial charge < -0.3 is 10.3 Å². The number of fused-ring (bicyclic) bond motifs is 1. The average Bonchev–Trinajstić information content (AvgIpc) is 3.26. The minimum Gasteiger partial charge on any atom is -0.398 e. The number of benzene rings is 2. The Morgan fingerprint density at radius 2 is 1.71 bits per heavy atom. The summed E-state index contributed by atoms with van der Waals surface area (Å²) in [6.45, 7) is 14.0. The van der Waals surface area contributed by atoms with E-state index in [-0.39, 0.29) is 5.92 Å². The summed E-state index contributed by atoms with van der Waals surface area (Å²) in [5.74, 6) is -0.0814. The Morgan fingerprint density at radius 3 is 2.44 bits per heavy atom. The summed E-state index contributed by atoms with van der Waals surface area (Å²) in [4.78, 5) is 0. The highest BCUT2D eigenvalue weighted by molar-refractivity contribution is 7.80. The van der Waals surface area contributed by atoms with E-state index in [2.05, 4.69) is 98.1 Å². The lowest BCUT2D eigenvalue weighted by atomic mass is 9.84. The van der Waals surface area contributed by atoms with Crippen molar-refractivity contribution in [3.63, 3.8) is 0 Å². The van der Waals surface area contributed by atoms with Crippen molar-refractivity contribution in [2.75, 3.05) is 5.73 Å². The molecular weight excluding hydrogens is 516 g/mol. The highest BCUT2D eigenvalue weighted by Gasteiger charge is 2.23. The number of aromatic nitrogens is 1. The van der Waals surface area contributed by atoms with E-state index in [4.69, 9.17) is 18.4 Å². The molecule has 3 heteroatoms. The molecule has 1 aromatic heterocycles. The first kappa shape index (κ1) is 29.5. The zero-order valence-corrected chi connectivity index (χ0v) is 24.6. The van der Waals surface area contributed by atoms with Crippen molar-refractivity contribution in [3.8, 4) is 0 Å². The molecule has 1 unspecified atom stereocenters. The molecule has 4 rings (SSSR count). The van der Waals surface area contributed by atoms with Crippen LogP contribution >= 0.6 is 12.6 Å². The SMILES string of the molecule is C=C/C=C\C=C(/C)C(=C)/C=C\c1c2c(n(/C=C(\C=C/C=C)C(c3ccccc3)c3ccccc3N)c1S)C=CCC2. The van der Waals surface area contributed by atoms with Gasteiger partial charge in [0, 0.05) is 29.1 Å². The second-order valence-corrected chi connectivity index (χ2v) is 10.4. The molecule has 0 saturated heterocycles. The molecule has 0 fully saturated rings. The Bertz CT molecular complexity index is 1600. The zero-order chi connectivity index (χ0) is 29.2. The fourth-order valence-corrected chi connectivity index (χ4v) is 5.42. The first-order valence-corrected chi connectivity index (χ1v) is 14.3. The third-order valence-electron chi connectivity index (χ3n) is 7.23. The van der Waals surface area contributed by atoms with Gasteiger partial charge in [0.15, 0.2) is 0 Å². The van der Waals surface area contributed by atoms with Crippen molar-refractivity contribution in [3.05, 3.63) is 174 Å². The molecule has 1 atom stereocenters. The van der Waals surface area contributed by atoms with Crippen LogP contribution in [0.3, 0.4) is 0 Å². The molecule has 3 aromatic rings. The van der Waals surface area contributed by atoms with Gasteiger partial charge in [-0.15, -0.1) is 12.6 Å². The molecule has 0 saturated carbocycles. The molecule has 0 bridgehead atoms. The standard InChI is InChI=1S/C38H38N2S/c1-5-7-10-17-28(3)29(4)25-26-33-32-21-14-16-24-36(32)40(38(33)41)27-31(18-8-6-2)37(30-19-11-9-12-20-30)34-22-13-15-23-35(34)39/h5-13,15-20,22-27,37,41H,1-2,4,14,21,39H2,3H3/b10-7-,18-8-,26-25-,28-17+,31-27+. The molecule has 206 valence electrons. The molecule has 0 amide bonds. The van der Waals surface area contributed by atoms with Crippen LogP contribution in [-0.2, 0) is 6.42 Å². The second kappa shape index (κ2) is 14.2. The van der Waals surface area contributed by atoms with Crippen LogP contribution in [-0.4, -0.2) is 4.57 Å². The number of allylic oxidation sites excluding steroid dienone is 12. The van der Waals surface area contributed by atoms with E-state index < -0.39 is 0 Å². The molecule has 1 aliphatic rings. The Morgan fingerprint density at radius 1 is 0.976 bits per heavy atom. The van der Waals surface area contributed by atoms with Crippen LogP contribution in [0.15, 0.2) is 151 Å². The average molecular weight is 555 g/mol. The molecule has 2 aromatic carbocycles. The summed E-state index contributed by atoms with van der Waals surface area (Å²) in [7, 11) is 0. The molecule has 41 heavy (non-hydrogen) atoms. The summed E-state index contributed by atoms with van der Waals surface area (Å²) in [5, 5.41) is 0.885. The minimum atomic E-state index is -0.0814. The third-order valence-corrected chi connectivity index (χ3v) is 7.68. The summed E-state index contributed by atoms with van der Waals surface area (Å²) in [6, 6.07) is 18.6. The van der Waals surface area contributed by atoms with Crippen LogP contribution in [0.25, 0.3) is 18.4 Å². The fourth-order valence-electron chi connectivity index (χ4n) is 5.05. The van der Waals surface area contributed by atoms with Gasteiger partial charge in [-0.3, -0.25) is 0 Å². The Kier molecular flexibility index (Phi) is 10.3. The van der Waals surface area contributed by atoms with Crippen molar-refractivity contribution in [2.24, 2.45) is 0 Å². The predicted octanol–water partition coefficient (Wildman–Crippen LogP) is 9.99. The summed E-state index contributed by atoms with van der Waals surface area (Å²) in [6.07, 6.45) is 26.4. The molecule has 2 N–H and O–H groups in total. The fraction of sp³-hybridized carbons (Fsp3) is 0.105. The van der Waals surface area contributed by atoms with Crippen LogP contribution in [0.5, 0.6) is 0 Å². The normalized spacial score (nSPS) is 14.6. The Hall–Kier alpha value is -4.47. The maximum Gasteiger partial charge on any atom is 0.0839 e. The van der Waals surface area contributed by atoms with Gasteiger partial charge in [0.2, 0.25) is 0 Å². The lowest BCUT2D eigenvalue weighted by Gasteiger charge is -2.22. The van der Waals surface area contributed by atoms with Gasteiger partial charge >= 0.3 is 0 Å². The van der Waals surface area contributed by atoms with E-state index in [1.165, 1.54) is 5.56 Å². The van der Waals surface area contributed by atoms with Crippen LogP contribution < -0.4 is 5.73 Å². The van der Waals surface area contributed by atoms with Gasteiger partial charge in [0.05, 0.1) is 5.03 Å². The van der Waals surface area contributed by atoms with E-state index >= 15 is 0 Å². The van der Waals surface area contributed by atoms with Crippen molar-refractivity contribution in [2.45, 2.75) is 30.7 Å². The van der Waals surface area contributed by atoms with Crippen LogP contribution in [0, 0.1) is 0 Å². The second-order valence-electron chi connectivity index (χ2n) is 9.94. The van der Waals surface area contributed by atoms with Gasteiger partial charge in [-0.1, -0.05) is 129 Å². The number of nitrogens with two attached hydrogens (primary N) is 1. The van der Waals surface area contributed by atoms with E-state index in [1.54, 1.807) is 12.2 Å². The van der Waals surface area contributed by atoms with Gasteiger partial charge in [-0.25, -0.2) is 0 Å². The number of nitrogen functional groups attached to an aromatic ring is 1. The number of hydrogen-bond acceptors (Lipinski definition) is 2. The van der Waals surface area contributed by atoms with Crippen LogP contribution in [0.2, 0.25) is 0 Å². The first-order chi connectivity index (χ1) is 20.0. The molecule has 0 aliphatic heterocycles. The lowest BCUT2D eigenvalue weighted by molar-refractivity contribution is 0.932. The number of rotatable bonds is 11. The lowest BCUT2D eigenvalue weighted by Crippen LogP contribution is -2.08. The Balaban J connectivity index is 1.88. The smallest absolute Gasteiger partial charge is 0.0839 e. The largest absolute Gasteiger partial charge is 0.398 e. The molecule has 1 aliphatic carbocycles. The molecule has 0 spiro atoms. The van der Waals surface area contributed by atoms with Crippen molar-refractivity contribution in [1.82, 2.24) is 4.57 Å². The quantitative estimate of drug-likeness (QED) is 0.138. The number of para-hydroxylation sites is 1. The first-order valence-electron chi connectivity index (χ1n) is 13.8. The highest BCUT2D eigenvalue weighted by Crippen LogP contribution is 2.39. The monoisotopic (exact) mass is 554 g/mol. The van der Waals surface area contributed by atoms with Gasteiger partial charge in [0.1, 0.15) is 0 Å². The third kappa shape index (κ3) is 7.00. The summed E-state index contributed by atoms with van der Waals surface area (Å²) < 4.78 is 2.20. The van der Waals surface area contributed by atoms with Crippen molar-refractivity contribution >= 4 is 36.7 Å². The van der Waals surface area contributed by atoms with Crippen molar-refractivity contribution in [1.29, 1.82) is 0 Å². The van der Waals surface area contributed by atoms with Gasteiger partial charge in [0.25, 0.3) is 0 Å². The number of hydrogen-bond donors (Lipinski definition) is 2. The molecular formula is C38H38N2S. The summed E-state index contributed by atoms with van der Waals surface area (Å²) in [5.41, 5.74) is 16.2. The van der Waals surface area contributed by atoms with Gasteiger partial charge in [-0.2, -0.15) is 0 Å². The maximum absolute atomic E-state index is 6.56. The van der Waals surface area contributed by atoms with Crippen molar-refractivity contribution < 1.29 is 0 Å². The minimum absolute atomic E-state index is 0.0814. The van der Waals surface area contributed by atoms with E-state index in [0.717, 1.165) is 62.7 Å². The van der Waals surface area contributed by atoms with Gasteiger partial charge in [-0.05, 0) is 65.3 Å². The van der Waals surface area contributed by atoms with Crippen LogP contribution in [0.4, 0.5) is 5.69 Å². The number of anilines is 1. The van der Waals surface area contributed by atoms with Crippen LogP contribution in [0.1, 0.15) is 47.2 Å². The highest BCUT2D eigenvalue weighted by atomic mass is 32.1.